The van der Waals surface area contributed by atoms with E-state index >= 15 is 0 Å². The molecule has 94 valence electrons. The number of nitrogens with zero attached hydrogens (tertiary/aromatic N) is 1. The molecule has 5 heteroatoms. The molecule has 4 amide bonds. The average molecular weight is 238 g/mol. The van der Waals surface area contributed by atoms with Gasteiger partial charge in [-0.3, -0.25) is 19.8 Å². The zero-order chi connectivity index (χ0) is 12.6. The predicted octanol–water partition coefficient (Wildman–Crippen LogP) is 1.14. The molecule has 1 saturated carbocycles. The third-order valence-corrected chi connectivity index (χ3v) is 3.62. The van der Waals surface area contributed by atoms with Gasteiger partial charge >= 0.3 is 6.03 Å². The first-order valence-corrected chi connectivity index (χ1v) is 6.17. The lowest BCUT2D eigenvalue weighted by atomic mass is 9.84. The molecule has 0 radical (unpaired) electrons. The molecule has 17 heavy (non-hydrogen) atoms. The summed E-state index contributed by atoms with van der Waals surface area (Å²) in [5.41, 5.74) is 0. The summed E-state index contributed by atoms with van der Waals surface area (Å²) >= 11 is 0. The van der Waals surface area contributed by atoms with Gasteiger partial charge in [-0.15, -0.1) is 0 Å². The minimum atomic E-state index is -0.715. The lowest BCUT2D eigenvalue weighted by molar-refractivity contribution is -0.145. The molecular weight excluding hydrogens is 220 g/mol. The van der Waals surface area contributed by atoms with E-state index < -0.39 is 17.9 Å². The van der Waals surface area contributed by atoms with Crippen LogP contribution >= 0.6 is 0 Å². The highest BCUT2D eigenvalue weighted by Gasteiger charge is 2.42. The van der Waals surface area contributed by atoms with Gasteiger partial charge in [0.15, 0.2) is 0 Å². The number of hydrogen-bond acceptors (Lipinski definition) is 3. The Morgan fingerprint density at radius 2 is 1.94 bits per heavy atom. The third-order valence-electron chi connectivity index (χ3n) is 3.62. The van der Waals surface area contributed by atoms with Gasteiger partial charge in [0.05, 0.1) is 0 Å². The highest BCUT2D eigenvalue weighted by molar-refractivity contribution is 6.16. The summed E-state index contributed by atoms with van der Waals surface area (Å²) in [6.07, 6.45) is 3.30. The summed E-state index contributed by atoms with van der Waals surface area (Å²) in [6.45, 7) is 4.10. The van der Waals surface area contributed by atoms with Crippen LogP contribution in [0.5, 0.6) is 0 Å². The number of barbiturate groups is 1. The van der Waals surface area contributed by atoms with Gasteiger partial charge in [-0.1, -0.05) is 20.3 Å². The molecule has 1 saturated heterocycles. The van der Waals surface area contributed by atoms with Crippen LogP contribution in [-0.2, 0) is 9.59 Å². The van der Waals surface area contributed by atoms with Crippen LogP contribution in [0.1, 0.15) is 33.1 Å². The first-order chi connectivity index (χ1) is 8.00. The first kappa shape index (κ1) is 12.1. The largest absolute Gasteiger partial charge is 0.330 e. The minimum absolute atomic E-state index is 0.0838. The van der Waals surface area contributed by atoms with Crippen LogP contribution < -0.4 is 5.32 Å². The molecule has 0 aromatic carbocycles. The van der Waals surface area contributed by atoms with Crippen LogP contribution in [0.15, 0.2) is 0 Å². The zero-order valence-corrected chi connectivity index (χ0v) is 10.2. The second kappa shape index (κ2) is 4.47. The summed E-state index contributed by atoms with van der Waals surface area (Å²) in [5.74, 6) is -1.17. The number of carbonyl (C=O) groups is 3. The Morgan fingerprint density at radius 1 is 1.29 bits per heavy atom. The van der Waals surface area contributed by atoms with E-state index in [0.29, 0.717) is 12.5 Å². The molecule has 2 aliphatic rings. The van der Waals surface area contributed by atoms with Crippen molar-refractivity contribution >= 4 is 17.8 Å². The predicted molar refractivity (Wildman–Crippen MR) is 60.9 cm³/mol. The molecule has 1 aliphatic heterocycles. The Bertz CT molecular complexity index is 361. The Morgan fingerprint density at radius 3 is 2.41 bits per heavy atom. The van der Waals surface area contributed by atoms with E-state index in [-0.39, 0.29) is 11.8 Å². The average Bonchev–Trinajstić information content (AvgIpc) is 2.12. The van der Waals surface area contributed by atoms with E-state index in [0.717, 1.165) is 12.8 Å². The maximum absolute atomic E-state index is 12.1. The number of urea groups is 1. The van der Waals surface area contributed by atoms with Crippen molar-refractivity contribution in [3.63, 3.8) is 0 Å². The minimum Gasteiger partial charge on any atom is -0.277 e. The van der Waals surface area contributed by atoms with Gasteiger partial charge in [0.25, 0.3) is 0 Å². The SMILES string of the molecule is CC(C)C1C(=O)NC(=O)N(CC2CCC2)C1=O. The number of imide groups is 2. The highest BCUT2D eigenvalue weighted by Crippen LogP contribution is 2.29. The van der Waals surface area contributed by atoms with Gasteiger partial charge in [-0.2, -0.15) is 0 Å². The van der Waals surface area contributed by atoms with Crippen LogP contribution in [0, 0.1) is 17.8 Å². The van der Waals surface area contributed by atoms with Gasteiger partial charge in [0.1, 0.15) is 5.92 Å². The molecule has 1 heterocycles. The van der Waals surface area contributed by atoms with Gasteiger partial charge in [0, 0.05) is 6.54 Å². The standard InChI is InChI=1S/C12H18N2O3/c1-7(2)9-10(15)13-12(17)14(11(9)16)6-8-4-3-5-8/h7-9H,3-6H2,1-2H3,(H,13,15,17). The molecule has 1 aliphatic carbocycles. The molecule has 0 spiro atoms. The van der Waals surface area contributed by atoms with Crippen molar-refractivity contribution in [2.45, 2.75) is 33.1 Å². The summed E-state index contributed by atoms with van der Waals surface area (Å²) in [5, 5.41) is 2.27. The molecule has 2 fully saturated rings. The number of hydrogen-bond donors (Lipinski definition) is 1. The molecule has 2 rings (SSSR count). The quantitative estimate of drug-likeness (QED) is 0.750. The van der Waals surface area contributed by atoms with Gasteiger partial charge in [-0.25, -0.2) is 4.79 Å². The number of amides is 4. The van der Waals surface area contributed by atoms with Crippen LogP contribution in [0.4, 0.5) is 4.79 Å². The number of carbonyl (C=O) groups excluding carboxylic acids is 3. The van der Waals surface area contributed by atoms with Crippen molar-refractivity contribution in [1.29, 1.82) is 0 Å². The second-order valence-corrected chi connectivity index (χ2v) is 5.26. The van der Waals surface area contributed by atoms with E-state index in [1.807, 2.05) is 13.8 Å². The molecule has 0 aromatic rings. The highest BCUT2D eigenvalue weighted by atomic mass is 16.2. The summed E-state index contributed by atoms with van der Waals surface area (Å²) < 4.78 is 0. The topological polar surface area (TPSA) is 66.5 Å². The fraction of sp³-hybridized carbons (Fsp3) is 0.750. The maximum Gasteiger partial charge on any atom is 0.330 e. The Labute approximate surface area is 101 Å². The fourth-order valence-corrected chi connectivity index (χ4v) is 2.33. The van der Waals surface area contributed by atoms with Gasteiger partial charge in [0.2, 0.25) is 11.8 Å². The summed E-state index contributed by atoms with van der Waals surface area (Å²) in [4.78, 5) is 36.5. The number of nitrogens with one attached hydrogen (secondary N) is 1. The first-order valence-electron chi connectivity index (χ1n) is 6.17. The van der Waals surface area contributed by atoms with Crippen molar-refractivity contribution < 1.29 is 14.4 Å². The number of rotatable bonds is 3. The maximum atomic E-state index is 12.1. The Balaban J connectivity index is 2.10. The van der Waals surface area contributed by atoms with E-state index in [2.05, 4.69) is 5.32 Å². The normalized spacial score (nSPS) is 26.2. The van der Waals surface area contributed by atoms with Crippen LogP contribution in [-0.4, -0.2) is 29.3 Å². The van der Waals surface area contributed by atoms with Gasteiger partial charge < -0.3 is 0 Å². The van der Waals surface area contributed by atoms with Crippen molar-refractivity contribution in [2.24, 2.45) is 17.8 Å². The van der Waals surface area contributed by atoms with Crippen molar-refractivity contribution in [3.8, 4) is 0 Å². The monoisotopic (exact) mass is 238 g/mol. The Kier molecular flexibility index (Phi) is 3.17. The summed E-state index contributed by atoms with van der Waals surface area (Å²) in [7, 11) is 0. The molecule has 1 atom stereocenters. The van der Waals surface area contributed by atoms with Crippen LogP contribution in [0.25, 0.3) is 0 Å². The summed E-state index contributed by atoms with van der Waals surface area (Å²) in [6, 6.07) is -0.552. The van der Waals surface area contributed by atoms with E-state index in [1.54, 1.807) is 0 Å². The molecule has 0 bridgehead atoms. The van der Waals surface area contributed by atoms with Crippen molar-refractivity contribution in [3.05, 3.63) is 0 Å². The van der Waals surface area contributed by atoms with E-state index in [4.69, 9.17) is 0 Å². The molecular formula is C12H18N2O3. The Hall–Kier alpha value is -1.39. The molecule has 1 N–H and O–H groups in total. The fourth-order valence-electron chi connectivity index (χ4n) is 2.33. The lowest BCUT2D eigenvalue weighted by Crippen LogP contribution is -2.60. The van der Waals surface area contributed by atoms with Crippen molar-refractivity contribution in [1.82, 2.24) is 10.2 Å². The van der Waals surface area contributed by atoms with Gasteiger partial charge in [-0.05, 0) is 24.7 Å². The molecule has 1 unspecified atom stereocenters. The third kappa shape index (κ3) is 2.18. The van der Waals surface area contributed by atoms with Crippen molar-refractivity contribution in [2.75, 3.05) is 6.54 Å². The lowest BCUT2D eigenvalue weighted by Gasteiger charge is -2.36. The second-order valence-electron chi connectivity index (χ2n) is 5.26. The smallest absolute Gasteiger partial charge is 0.277 e. The van der Waals surface area contributed by atoms with Crippen LogP contribution in [0.3, 0.4) is 0 Å². The van der Waals surface area contributed by atoms with Crippen LogP contribution in [0.2, 0.25) is 0 Å². The molecule has 0 aromatic heterocycles. The zero-order valence-electron chi connectivity index (χ0n) is 10.2. The molecule has 5 nitrogen and oxygen atoms in total. The van der Waals surface area contributed by atoms with E-state index in [9.17, 15) is 14.4 Å². The van der Waals surface area contributed by atoms with E-state index in [1.165, 1.54) is 11.3 Å².